The second-order valence-electron chi connectivity index (χ2n) is 5.25. The molecule has 0 spiro atoms. The fraction of sp³-hybridized carbons (Fsp3) is 0.500. The first-order chi connectivity index (χ1) is 9.45. The molecule has 4 heteroatoms. The van der Waals surface area contributed by atoms with Crippen molar-refractivity contribution in [2.24, 2.45) is 0 Å². The van der Waals surface area contributed by atoms with E-state index in [9.17, 15) is 5.11 Å². The van der Waals surface area contributed by atoms with Crippen molar-refractivity contribution < 1.29 is 14.6 Å². The summed E-state index contributed by atoms with van der Waals surface area (Å²) in [7, 11) is 5.45. The minimum atomic E-state index is -0.609. The quantitative estimate of drug-likeness (QED) is 0.779. The largest absolute Gasteiger partial charge is 0.493 e. The van der Waals surface area contributed by atoms with Crippen LogP contribution in [-0.2, 0) is 0 Å². The van der Waals surface area contributed by atoms with Crippen molar-refractivity contribution >= 4 is 0 Å². The fourth-order valence-corrected chi connectivity index (χ4v) is 1.85. The molecule has 1 aromatic carbocycles. The number of aliphatic hydroxyl groups is 1. The molecule has 1 unspecified atom stereocenters. The standard InChI is InChI=1S/C16H25NO3/c1-12(2)9-10-20-16-13(14(18)11-17(3)4)7-6-8-15(16)19-5/h6-9,14,18H,10-11H2,1-5H3. The Morgan fingerprint density at radius 1 is 1.35 bits per heavy atom. The van der Waals surface area contributed by atoms with E-state index in [4.69, 9.17) is 9.47 Å². The molecule has 0 aliphatic carbocycles. The van der Waals surface area contributed by atoms with E-state index in [-0.39, 0.29) is 0 Å². The van der Waals surface area contributed by atoms with Gasteiger partial charge >= 0.3 is 0 Å². The molecule has 20 heavy (non-hydrogen) atoms. The molecule has 0 fully saturated rings. The van der Waals surface area contributed by atoms with Crippen LogP contribution in [0.2, 0.25) is 0 Å². The Bertz CT molecular complexity index is 451. The Morgan fingerprint density at radius 3 is 2.60 bits per heavy atom. The minimum absolute atomic E-state index is 0.463. The number of hydrogen-bond acceptors (Lipinski definition) is 4. The van der Waals surface area contributed by atoms with Gasteiger partial charge in [0.2, 0.25) is 0 Å². The first-order valence-corrected chi connectivity index (χ1v) is 6.71. The van der Waals surface area contributed by atoms with E-state index in [1.54, 1.807) is 7.11 Å². The topological polar surface area (TPSA) is 41.9 Å². The van der Waals surface area contributed by atoms with Crippen LogP contribution in [0.15, 0.2) is 29.8 Å². The zero-order valence-corrected chi connectivity index (χ0v) is 13.0. The van der Waals surface area contributed by atoms with Gasteiger partial charge in [-0.15, -0.1) is 0 Å². The lowest BCUT2D eigenvalue weighted by molar-refractivity contribution is 0.134. The van der Waals surface area contributed by atoms with E-state index >= 15 is 0 Å². The van der Waals surface area contributed by atoms with E-state index in [2.05, 4.69) is 0 Å². The summed E-state index contributed by atoms with van der Waals surface area (Å²) in [6.45, 7) is 5.04. The Labute approximate surface area is 121 Å². The van der Waals surface area contributed by atoms with Gasteiger partial charge in [-0.05, 0) is 40.1 Å². The van der Waals surface area contributed by atoms with Crippen LogP contribution in [-0.4, -0.2) is 44.4 Å². The number of ether oxygens (including phenoxy) is 2. The van der Waals surface area contributed by atoms with Crippen molar-refractivity contribution in [2.75, 3.05) is 34.4 Å². The van der Waals surface area contributed by atoms with Crippen LogP contribution in [0.25, 0.3) is 0 Å². The maximum atomic E-state index is 10.3. The van der Waals surface area contributed by atoms with Gasteiger partial charge in [-0.3, -0.25) is 0 Å². The highest BCUT2D eigenvalue weighted by Gasteiger charge is 2.18. The normalized spacial score (nSPS) is 12.2. The predicted octanol–water partition coefficient (Wildman–Crippen LogP) is 2.64. The molecule has 0 aromatic heterocycles. The monoisotopic (exact) mass is 279 g/mol. The molecule has 0 radical (unpaired) electrons. The molecule has 0 bridgehead atoms. The second-order valence-corrected chi connectivity index (χ2v) is 5.25. The molecule has 112 valence electrons. The Kier molecular flexibility index (Phi) is 6.55. The highest BCUT2D eigenvalue weighted by atomic mass is 16.5. The molecule has 1 rings (SSSR count). The number of benzene rings is 1. The number of rotatable bonds is 7. The van der Waals surface area contributed by atoms with Crippen LogP contribution < -0.4 is 9.47 Å². The smallest absolute Gasteiger partial charge is 0.167 e. The van der Waals surface area contributed by atoms with Crippen LogP contribution in [0.4, 0.5) is 0 Å². The third-order valence-electron chi connectivity index (χ3n) is 2.85. The highest BCUT2D eigenvalue weighted by molar-refractivity contribution is 5.47. The summed E-state index contributed by atoms with van der Waals surface area (Å²) in [4.78, 5) is 1.93. The van der Waals surface area contributed by atoms with E-state index in [0.717, 1.165) is 5.56 Å². The number of likely N-dealkylation sites (N-methyl/N-ethyl adjacent to an activating group) is 1. The lowest BCUT2D eigenvalue weighted by Crippen LogP contribution is -2.20. The fourth-order valence-electron chi connectivity index (χ4n) is 1.85. The first-order valence-electron chi connectivity index (χ1n) is 6.71. The van der Waals surface area contributed by atoms with Gasteiger partial charge < -0.3 is 19.5 Å². The number of nitrogens with zero attached hydrogens (tertiary/aromatic N) is 1. The number of para-hydroxylation sites is 1. The Balaban J connectivity index is 3.00. The summed E-state index contributed by atoms with van der Waals surface area (Å²) < 4.78 is 11.1. The molecule has 0 aliphatic heterocycles. The third kappa shape index (κ3) is 4.87. The van der Waals surface area contributed by atoms with Gasteiger partial charge in [0.1, 0.15) is 6.61 Å². The summed E-state index contributed by atoms with van der Waals surface area (Å²) in [5.74, 6) is 1.25. The third-order valence-corrected chi connectivity index (χ3v) is 2.85. The van der Waals surface area contributed by atoms with Crippen LogP contribution in [0.3, 0.4) is 0 Å². The number of hydrogen-bond donors (Lipinski definition) is 1. The van der Waals surface area contributed by atoms with Crippen LogP contribution in [0, 0.1) is 0 Å². The molecular weight excluding hydrogens is 254 g/mol. The lowest BCUT2D eigenvalue weighted by atomic mass is 10.1. The van der Waals surface area contributed by atoms with Gasteiger partial charge in [0.05, 0.1) is 13.2 Å². The first kappa shape index (κ1) is 16.5. The molecule has 0 heterocycles. The highest BCUT2D eigenvalue weighted by Crippen LogP contribution is 2.35. The SMILES string of the molecule is COc1cccc(C(O)CN(C)C)c1OCC=C(C)C. The molecular formula is C16H25NO3. The van der Waals surface area contributed by atoms with Crippen molar-refractivity contribution in [3.05, 3.63) is 35.4 Å². The van der Waals surface area contributed by atoms with Gasteiger partial charge in [-0.2, -0.15) is 0 Å². The molecule has 0 amide bonds. The molecule has 1 atom stereocenters. The molecule has 0 aliphatic rings. The van der Waals surface area contributed by atoms with Crippen molar-refractivity contribution in [3.63, 3.8) is 0 Å². The van der Waals surface area contributed by atoms with Crippen LogP contribution in [0.1, 0.15) is 25.5 Å². The molecule has 0 saturated heterocycles. The number of methoxy groups -OCH3 is 1. The van der Waals surface area contributed by atoms with Gasteiger partial charge in [-0.1, -0.05) is 17.7 Å². The molecule has 1 aromatic rings. The molecule has 4 nitrogen and oxygen atoms in total. The van der Waals surface area contributed by atoms with E-state index in [1.165, 1.54) is 5.57 Å². The zero-order chi connectivity index (χ0) is 15.1. The average Bonchev–Trinajstić information content (AvgIpc) is 2.37. The molecule has 1 N–H and O–H groups in total. The van der Waals surface area contributed by atoms with E-state index in [0.29, 0.717) is 24.7 Å². The predicted molar refractivity (Wildman–Crippen MR) is 81.4 cm³/mol. The summed E-state index contributed by atoms with van der Waals surface area (Å²) >= 11 is 0. The van der Waals surface area contributed by atoms with Crippen molar-refractivity contribution in [3.8, 4) is 11.5 Å². The average molecular weight is 279 g/mol. The van der Waals surface area contributed by atoms with E-state index in [1.807, 2.05) is 57.1 Å². The summed E-state index contributed by atoms with van der Waals surface area (Å²) in [5, 5.41) is 10.3. The van der Waals surface area contributed by atoms with Crippen LogP contribution >= 0.6 is 0 Å². The Morgan fingerprint density at radius 2 is 2.05 bits per heavy atom. The Hall–Kier alpha value is -1.52. The van der Waals surface area contributed by atoms with Gasteiger partial charge in [0.15, 0.2) is 11.5 Å². The van der Waals surface area contributed by atoms with Crippen molar-refractivity contribution in [1.82, 2.24) is 4.90 Å². The zero-order valence-electron chi connectivity index (χ0n) is 13.0. The maximum absolute atomic E-state index is 10.3. The van der Waals surface area contributed by atoms with Crippen LogP contribution in [0.5, 0.6) is 11.5 Å². The lowest BCUT2D eigenvalue weighted by Gasteiger charge is -2.20. The molecule has 0 saturated carbocycles. The summed E-state index contributed by atoms with van der Waals surface area (Å²) in [6, 6.07) is 5.57. The second kappa shape index (κ2) is 7.92. The van der Waals surface area contributed by atoms with Crippen molar-refractivity contribution in [1.29, 1.82) is 0 Å². The number of allylic oxidation sites excluding steroid dienone is 1. The van der Waals surface area contributed by atoms with Gasteiger partial charge in [0, 0.05) is 12.1 Å². The van der Waals surface area contributed by atoms with Gasteiger partial charge in [-0.25, -0.2) is 0 Å². The van der Waals surface area contributed by atoms with Gasteiger partial charge in [0.25, 0.3) is 0 Å². The number of aliphatic hydroxyl groups excluding tert-OH is 1. The summed E-state index contributed by atoms with van der Waals surface area (Å²) in [6.07, 6.45) is 1.39. The van der Waals surface area contributed by atoms with E-state index < -0.39 is 6.10 Å². The minimum Gasteiger partial charge on any atom is -0.493 e. The van der Waals surface area contributed by atoms with Crippen molar-refractivity contribution in [2.45, 2.75) is 20.0 Å². The summed E-state index contributed by atoms with van der Waals surface area (Å²) in [5.41, 5.74) is 1.94. The maximum Gasteiger partial charge on any atom is 0.167 e.